The Morgan fingerprint density at radius 3 is 3.07 bits per heavy atom. The van der Waals surface area contributed by atoms with E-state index in [-0.39, 0.29) is 5.69 Å². The first-order valence-electron chi connectivity index (χ1n) is 3.88. The lowest BCUT2D eigenvalue weighted by atomic mass is 10.3. The lowest BCUT2D eigenvalue weighted by Crippen LogP contribution is -2.01. The van der Waals surface area contributed by atoms with Gasteiger partial charge in [-0.25, -0.2) is 9.78 Å². The van der Waals surface area contributed by atoms with Gasteiger partial charge < -0.3 is 9.84 Å². The number of aromatic carboxylic acids is 1. The highest BCUT2D eigenvalue weighted by Crippen LogP contribution is 2.28. The molecule has 2 heterocycles. The van der Waals surface area contributed by atoms with Crippen LogP contribution in [0.15, 0.2) is 17.5 Å². The molecule has 4 nitrogen and oxygen atoms in total. The summed E-state index contributed by atoms with van der Waals surface area (Å²) in [4.78, 5) is 14.6. The summed E-state index contributed by atoms with van der Waals surface area (Å²) in [5.74, 6) is -0.681. The number of ether oxygens (including phenoxy) is 1. The van der Waals surface area contributed by atoms with E-state index in [1.165, 1.54) is 18.4 Å². The van der Waals surface area contributed by atoms with Crippen LogP contribution in [0.4, 0.5) is 0 Å². The summed E-state index contributed by atoms with van der Waals surface area (Å²) in [6, 6.07) is 3.41. The van der Waals surface area contributed by atoms with Crippen LogP contribution in [0.5, 0.6) is 5.88 Å². The Morgan fingerprint density at radius 2 is 2.43 bits per heavy atom. The summed E-state index contributed by atoms with van der Waals surface area (Å²) in [5, 5.41) is 11.5. The quantitative estimate of drug-likeness (QED) is 0.821. The average molecular weight is 209 g/mol. The number of aromatic nitrogens is 1. The van der Waals surface area contributed by atoms with Crippen LogP contribution in [0.1, 0.15) is 10.5 Å². The number of fused-ring (bicyclic) bond motifs is 1. The van der Waals surface area contributed by atoms with Crippen molar-refractivity contribution >= 4 is 27.4 Å². The molecule has 0 spiro atoms. The molecular formula is C9H7NO3S. The van der Waals surface area contributed by atoms with E-state index in [4.69, 9.17) is 9.84 Å². The van der Waals surface area contributed by atoms with Crippen LogP contribution in [-0.2, 0) is 0 Å². The molecule has 2 rings (SSSR count). The zero-order valence-corrected chi connectivity index (χ0v) is 8.17. The SMILES string of the molecule is COc1nc(C(=O)O)cc2sccc12. The van der Waals surface area contributed by atoms with Crippen LogP contribution in [0.25, 0.3) is 10.1 Å². The lowest BCUT2D eigenvalue weighted by molar-refractivity contribution is 0.0690. The number of hydrogen-bond acceptors (Lipinski definition) is 4. The van der Waals surface area contributed by atoms with Crippen molar-refractivity contribution in [3.8, 4) is 5.88 Å². The number of carboxylic acids is 1. The maximum Gasteiger partial charge on any atom is 0.354 e. The van der Waals surface area contributed by atoms with Gasteiger partial charge in [0.1, 0.15) is 0 Å². The molecule has 72 valence electrons. The Kier molecular flexibility index (Phi) is 2.09. The summed E-state index contributed by atoms with van der Waals surface area (Å²) in [6.45, 7) is 0. The van der Waals surface area contributed by atoms with Crippen LogP contribution >= 0.6 is 11.3 Å². The normalized spacial score (nSPS) is 10.4. The highest BCUT2D eigenvalue weighted by molar-refractivity contribution is 7.17. The molecule has 1 N–H and O–H groups in total. The Hall–Kier alpha value is -1.62. The molecule has 0 saturated carbocycles. The second-order valence-corrected chi connectivity index (χ2v) is 3.60. The molecule has 0 bridgehead atoms. The predicted molar refractivity (Wildman–Crippen MR) is 53.1 cm³/mol. The van der Waals surface area contributed by atoms with E-state index in [1.54, 1.807) is 6.07 Å². The largest absolute Gasteiger partial charge is 0.481 e. The van der Waals surface area contributed by atoms with Crippen molar-refractivity contribution < 1.29 is 14.6 Å². The smallest absolute Gasteiger partial charge is 0.354 e. The van der Waals surface area contributed by atoms with Crippen molar-refractivity contribution in [2.24, 2.45) is 0 Å². The van der Waals surface area contributed by atoms with E-state index < -0.39 is 5.97 Å². The van der Waals surface area contributed by atoms with Crippen LogP contribution < -0.4 is 4.74 Å². The maximum absolute atomic E-state index is 10.7. The van der Waals surface area contributed by atoms with Gasteiger partial charge in [0.15, 0.2) is 5.69 Å². The molecular weight excluding hydrogens is 202 g/mol. The third kappa shape index (κ3) is 1.31. The minimum absolute atomic E-state index is 0.0109. The van der Waals surface area contributed by atoms with Crippen LogP contribution in [0.3, 0.4) is 0 Å². The van der Waals surface area contributed by atoms with Gasteiger partial charge in [-0.1, -0.05) is 0 Å². The number of nitrogens with zero attached hydrogens (tertiary/aromatic N) is 1. The molecule has 0 aliphatic rings. The maximum atomic E-state index is 10.7. The lowest BCUT2D eigenvalue weighted by Gasteiger charge is -2.01. The van der Waals surface area contributed by atoms with Crippen molar-refractivity contribution in [2.45, 2.75) is 0 Å². The predicted octanol–water partition coefficient (Wildman–Crippen LogP) is 2.00. The minimum Gasteiger partial charge on any atom is -0.481 e. The van der Waals surface area contributed by atoms with Crippen molar-refractivity contribution in [3.05, 3.63) is 23.2 Å². The van der Waals surface area contributed by atoms with Gasteiger partial charge in [-0.2, -0.15) is 0 Å². The molecule has 0 aliphatic carbocycles. The minimum atomic E-state index is -1.04. The monoisotopic (exact) mass is 209 g/mol. The molecule has 0 aromatic carbocycles. The standard InChI is InChI=1S/C9H7NO3S/c1-13-8-5-2-3-14-7(5)4-6(10-8)9(11)12/h2-4H,1H3,(H,11,12). The Bertz CT molecular complexity index is 492. The zero-order valence-electron chi connectivity index (χ0n) is 7.35. The number of carbonyl (C=O) groups is 1. The van der Waals surface area contributed by atoms with Crippen LogP contribution in [0.2, 0.25) is 0 Å². The third-order valence-corrected chi connectivity index (χ3v) is 2.69. The molecule has 2 aromatic heterocycles. The topological polar surface area (TPSA) is 59.4 Å². The molecule has 0 unspecified atom stereocenters. The van der Waals surface area contributed by atoms with E-state index in [0.717, 1.165) is 10.1 Å². The van der Waals surface area contributed by atoms with Crippen molar-refractivity contribution in [1.29, 1.82) is 0 Å². The molecule has 5 heteroatoms. The Labute approximate surface area is 83.8 Å². The van der Waals surface area contributed by atoms with Gasteiger partial charge in [0, 0.05) is 4.70 Å². The first-order chi connectivity index (χ1) is 6.72. The van der Waals surface area contributed by atoms with E-state index >= 15 is 0 Å². The van der Waals surface area contributed by atoms with Crippen LogP contribution in [-0.4, -0.2) is 23.2 Å². The number of methoxy groups -OCH3 is 1. The van der Waals surface area contributed by atoms with Crippen molar-refractivity contribution in [1.82, 2.24) is 4.98 Å². The molecule has 0 saturated heterocycles. The summed E-state index contributed by atoms with van der Waals surface area (Å²) >= 11 is 1.47. The summed E-state index contributed by atoms with van der Waals surface area (Å²) in [7, 11) is 1.48. The first kappa shape index (κ1) is 8.96. The third-order valence-electron chi connectivity index (χ3n) is 1.83. The number of thiophene rings is 1. The fourth-order valence-electron chi connectivity index (χ4n) is 1.20. The summed E-state index contributed by atoms with van der Waals surface area (Å²) in [5.41, 5.74) is 0.0109. The summed E-state index contributed by atoms with van der Waals surface area (Å²) in [6.07, 6.45) is 0. The number of pyridine rings is 1. The van der Waals surface area contributed by atoms with E-state index in [1.807, 2.05) is 11.4 Å². The van der Waals surface area contributed by atoms with Gasteiger partial charge in [0.05, 0.1) is 12.5 Å². The number of rotatable bonds is 2. The highest BCUT2D eigenvalue weighted by Gasteiger charge is 2.11. The molecule has 0 radical (unpaired) electrons. The van der Waals surface area contributed by atoms with Crippen molar-refractivity contribution in [2.75, 3.05) is 7.11 Å². The molecule has 0 atom stereocenters. The number of hydrogen-bond donors (Lipinski definition) is 1. The second kappa shape index (κ2) is 3.26. The average Bonchev–Trinajstić information content (AvgIpc) is 2.63. The zero-order chi connectivity index (χ0) is 10.1. The van der Waals surface area contributed by atoms with Gasteiger partial charge in [-0.15, -0.1) is 11.3 Å². The Morgan fingerprint density at radius 1 is 1.64 bits per heavy atom. The summed E-state index contributed by atoms with van der Waals surface area (Å²) < 4.78 is 5.88. The molecule has 2 aromatic rings. The molecule has 0 amide bonds. The highest BCUT2D eigenvalue weighted by atomic mass is 32.1. The van der Waals surface area contributed by atoms with Gasteiger partial charge in [0.2, 0.25) is 5.88 Å². The van der Waals surface area contributed by atoms with Gasteiger partial charge in [-0.05, 0) is 17.5 Å². The van der Waals surface area contributed by atoms with E-state index in [0.29, 0.717) is 5.88 Å². The fraction of sp³-hybridized carbons (Fsp3) is 0.111. The second-order valence-electron chi connectivity index (χ2n) is 2.65. The van der Waals surface area contributed by atoms with Gasteiger partial charge in [-0.3, -0.25) is 0 Å². The van der Waals surface area contributed by atoms with Gasteiger partial charge >= 0.3 is 5.97 Å². The molecule has 14 heavy (non-hydrogen) atoms. The van der Waals surface area contributed by atoms with E-state index in [2.05, 4.69) is 4.98 Å². The molecule has 0 aliphatic heterocycles. The molecule has 0 fully saturated rings. The first-order valence-corrected chi connectivity index (χ1v) is 4.76. The van der Waals surface area contributed by atoms with Crippen LogP contribution in [0, 0.1) is 0 Å². The van der Waals surface area contributed by atoms with Gasteiger partial charge in [0.25, 0.3) is 0 Å². The fourth-order valence-corrected chi connectivity index (χ4v) is 2.01. The number of carboxylic acid groups (broad SMARTS) is 1. The van der Waals surface area contributed by atoms with Crippen molar-refractivity contribution in [3.63, 3.8) is 0 Å². The van der Waals surface area contributed by atoms with E-state index in [9.17, 15) is 4.79 Å². The Balaban J connectivity index is 2.73.